The largest absolute Gasteiger partial charge is 0.492 e. The summed E-state index contributed by atoms with van der Waals surface area (Å²) in [6.07, 6.45) is 1.46. The minimum absolute atomic E-state index is 0.515. The first kappa shape index (κ1) is 17.5. The van der Waals surface area contributed by atoms with Crippen molar-refractivity contribution < 1.29 is 14.2 Å². The SMILES string of the molecule is COCCOCCCOc1c(Cl)cc(Cl)cc1CCN. The van der Waals surface area contributed by atoms with Crippen LogP contribution in [0.15, 0.2) is 12.1 Å². The Morgan fingerprint density at radius 1 is 1.10 bits per heavy atom. The van der Waals surface area contributed by atoms with Gasteiger partial charge in [0.1, 0.15) is 5.75 Å². The van der Waals surface area contributed by atoms with Gasteiger partial charge in [0, 0.05) is 25.2 Å². The van der Waals surface area contributed by atoms with Crippen molar-refractivity contribution >= 4 is 23.2 Å². The number of halogens is 2. The number of hydrogen-bond acceptors (Lipinski definition) is 4. The molecule has 0 heterocycles. The van der Waals surface area contributed by atoms with Gasteiger partial charge < -0.3 is 19.9 Å². The highest BCUT2D eigenvalue weighted by Gasteiger charge is 2.10. The van der Waals surface area contributed by atoms with E-state index in [0.29, 0.717) is 55.2 Å². The van der Waals surface area contributed by atoms with Crippen LogP contribution in [0.5, 0.6) is 5.75 Å². The van der Waals surface area contributed by atoms with Crippen molar-refractivity contribution in [2.45, 2.75) is 12.8 Å². The monoisotopic (exact) mass is 321 g/mol. The molecule has 20 heavy (non-hydrogen) atoms. The number of methoxy groups -OCH3 is 1. The molecule has 0 atom stereocenters. The van der Waals surface area contributed by atoms with E-state index >= 15 is 0 Å². The Morgan fingerprint density at radius 3 is 2.60 bits per heavy atom. The summed E-state index contributed by atoms with van der Waals surface area (Å²) in [5, 5.41) is 1.11. The van der Waals surface area contributed by atoms with Crippen LogP contribution in [0.2, 0.25) is 10.0 Å². The van der Waals surface area contributed by atoms with Crippen LogP contribution in [0, 0.1) is 0 Å². The molecule has 0 radical (unpaired) electrons. The fraction of sp³-hybridized carbons (Fsp3) is 0.571. The Kier molecular flexibility index (Phi) is 8.98. The third kappa shape index (κ3) is 6.29. The highest BCUT2D eigenvalue weighted by Crippen LogP contribution is 2.32. The second kappa shape index (κ2) is 10.2. The molecular weight excluding hydrogens is 301 g/mol. The van der Waals surface area contributed by atoms with Crippen LogP contribution in [0.4, 0.5) is 0 Å². The maximum absolute atomic E-state index is 6.15. The predicted molar refractivity (Wildman–Crippen MR) is 82.0 cm³/mol. The van der Waals surface area contributed by atoms with Crippen molar-refractivity contribution in [3.05, 3.63) is 27.7 Å². The van der Waals surface area contributed by atoms with Crippen LogP contribution in [0.3, 0.4) is 0 Å². The summed E-state index contributed by atoms with van der Waals surface area (Å²) in [6, 6.07) is 3.51. The zero-order chi connectivity index (χ0) is 14.8. The van der Waals surface area contributed by atoms with E-state index in [-0.39, 0.29) is 0 Å². The number of rotatable bonds is 10. The smallest absolute Gasteiger partial charge is 0.141 e. The average molecular weight is 322 g/mol. The number of ether oxygens (including phenoxy) is 3. The van der Waals surface area contributed by atoms with E-state index in [1.54, 1.807) is 13.2 Å². The second-order valence-corrected chi connectivity index (χ2v) is 5.07. The molecule has 0 bridgehead atoms. The topological polar surface area (TPSA) is 53.7 Å². The Bertz CT molecular complexity index is 402. The van der Waals surface area contributed by atoms with Crippen LogP contribution < -0.4 is 10.5 Å². The van der Waals surface area contributed by atoms with Crippen molar-refractivity contribution in [1.82, 2.24) is 0 Å². The van der Waals surface area contributed by atoms with E-state index in [0.717, 1.165) is 12.0 Å². The van der Waals surface area contributed by atoms with Crippen LogP contribution in [0.1, 0.15) is 12.0 Å². The van der Waals surface area contributed by atoms with Crippen molar-refractivity contribution in [3.8, 4) is 5.75 Å². The average Bonchev–Trinajstić information content (AvgIpc) is 2.40. The molecule has 1 aromatic carbocycles. The molecule has 1 rings (SSSR count). The molecule has 0 saturated carbocycles. The summed E-state index contributed by atoms with van der Waals surface area (Å²) in [6.45, 7) is 2.88. The molecule has 4 nitrogen and oxygen atoms in total. The molecule has 0 unspecified atom stereocenters. The van der Waals surface area contributed by atoms with Gasteiger partial charge >= 0.3 is 0 Å². The third-order valence-corrected chi connectivity index (χ3v) is 3.11. The Labute approximate surface area is 130 Å². The molecular formula is C14H21Cl2NO3. The molecule has 0 saturated heterocycles. The van der Waals surface area contributed by atoms with Gasteiger partial charge in [-0.2, -0.15) is 0 Å². The first-order chi connectivity index (χ1) is 9.69. The summed E-state index contributed by atoms with van der Waals surface area (Å²) in [5.74, 6) is 0.665. The molecule has 0 aliphatic rings. The number of hydrogen-bond donors (Lipinski definition) is 1. The molecule has 114 valence electrons. The van der Waals surface area contributed by atoms with Gasteiger partial charge in [0.05, 0.1) is 24.8 Å². The van der Waals surface area contributed by atoms with Crippen LogP contribution >= 0.6 is 23.2 Å². The van der Waals surface area contributed by atoms with Gasteiger partial charge in [-0.1, -0.05) is 23.2 Å². The van der Waals surface area contributed by atoms with E-state index in [1.165, 1.54) is 0 Å². The fourth-order valence-corrected chi connectivity index (χ4v) is 2.29. The zero-order valence-electron chi connectivity index (χ0n) is 11.7. The highest BCUT2D eigenvalue weighted by molar-refractivity contribution is 6.35. The predicted octanol–water partition coefficient (Wildman–Crippen LogP) is 2.93. The van der Waals surface area contributed by atoms with Crippen LogP contribution in [-0.2, 0) is 15.9 Å². The summed E-state index contributed by atoms with van der Waals surface area (Å²) in [7, 11) is 1.65. The molecule has 0 aliphatic heterocycles. The summed E-state index contributed by atoms with van der Waals surface area (Å²) in [5.41, 5.74) is 6.51. The maximum atomic E-state index is 6.15. The lowest BCUT2D eigenvalue weighted by atomic mass is 10.1. The second-order valence-electron chi connectivity index (χ2n) is 4.22. The van der Waals surface area contributed by atoms with Gasteiger partial charge in [0.2, 0.25) is 0 Å². The molecule has 0 aliphatic carbocycles. The Hall–Kier alpha value is -0.520. The van der Waals surface area contributed by atoms with E-state index in [4.69, 9.17) is 43.1 Å². The van der Waals surface area contributed by atoms with Gasteiger partial charge in [-0.25, -0.2) is 0 Å². The van der Waals surface area contributed by atoms with Crippen LogP contribution in [0.25, 0.3) is 0 Å². The number of nitrogens with two attached hydrogens (primary N) is 1. The van der Waals surface area contributed by atoms with Gasteiger partial charge in [-0.05, 0) is 30.7 Å². The zero-order valence-corrected chi connectivity index (χ0v) is 13.2. The maximum Gasteiger partial charge on any atom is 0.141 e. The molecule has 2 N–H and O–H groups in total. The molecule has 0 spiro atoms. The first-order valence-electron chi connectivity index (χ1n) is 6.56. The van der Waals surface area contributed by atoms with E-state index in [9.17, 15) is 0 Å². The Balaban J connectivity index is 2.42. The fourth-order valence-electron chi connectivity index (χ4n) is 1.70. The normalized spacial score (nSPS) is 10.8. The van der Waals surface area contributed by atoms with Gasteiger partial charge in [0.25, 0.3) is 0 Å². The summed E-state index contributed by atoms with van der Waals surface area (Å²) in [4.78, 5) is 0. The van der Waals surface area contributed by atoms with Crippen LogP contribution in [-0.4, -0.2) is 40.1 Å². The minimum Gasteiger partial charge on any atom is -0.492 e. The molecule has 6 heteroatoms. The molecule has 0 amide bonds. The summed E-state index contributed by atoms with van der Waals surface area (Å²) < 4.78 is 16.0. The highest BCUT2D eigenvalue weighted by atomic mass is 35.5. The standard InChI is InChI=1S/C14H21Cl2NO3/c1-18-7-8-19-5-2-6-20-14-11(3-4-17)9-12(15)10-13(14)16/h9-10H,2-8,17H2,1H3. The van der Waals surface area contributed by atoms with E-state index in [1.807, 2.05) is 6.07 Å². The molecule has 0 aromatic heterocycles. The van der Waals surface area contributed by atoms with Crippen molar-refractivity contribution in [3.63, 3.8) is 0 Å². The molecule has 0 fully saturated rings. The summed E-state index contributed by atoms with van der Waals surface area (Å²) >= 11 is 12.1. The van der Waals surface area contributed by atoms with Crippen molar-refractivity contribution in [1.29, 1.82) is 0 Å². The van der Waals surface area contributed by atoms with Crippen molar-refractivity contribution in [2.24, 2.45) is 5.73 Å². The van der Waals surface area contributed by atoms with Crippen molar-refractivity contribution in [2.75, 3.05) is 40.1 Å². The quantitative estimate of drug-likeness (QED) is 0.673. The van der Waals surface area contributed by atoms with Gasteiger partial charge in [-0.15, -0.1) is 0 Å². The van der Waals surface area contributed by atoms with Gasteiger partial charge in [-0.3, -0.25) is 0 Å². The minimum atomic E-state index is 0.515. The Morgan fingerprint density at radius 2 is 1.90 bits per heavy atom. The van der Waals surface area contributed by atoms with E-state index < -0.39 is 0 Å². The van der Waals surface area contributed by atoms with E-state index in [2.05, 4.69) is 0 Å². The lowest BCUT2D eigenvalue weighted by molar-refractivity contribution is 0.0644. The third-order valence-electron chi connectivity index (χ3n) is 2.61. The number of benzene rings is 1. The first-order valence-corrected chi connectivity index (χ1v) is 7.32. The van der Waals surface area contributed by atoms with Gasteiger partial charge in [0.15, 0.2) is 0 Å². The molecule has 1 aromatic rings. The lowest BCUT2D eigenvalue weighted by Gasteiger charge is -2.13. The lowest BCUT2D eigenvalue weighted by Crippen LogP contribution is -2.09.